The highest BCUT2D eigenvalue weighted by Gasteiger charge is 2.30. The van der Waals surface area contributed by atoms with Crippen molar-refractivity contribution in [1.82, 2.24) is 9.38 Å². The van der Waals surface area contributed by atoms with Crippen LogP contribution in [0.1, 0.15) is 19.5 Å². The Balaban J connectivity index is 2.00. The second kappa shape index (κ2) is 4.62. The largest absolute Gasteiger partial charge is 0.353 e. The molecule has 0 atom stereocenters. The Morgan fingerprint density at radius 1 is 1.50 bits per heavy atom. The number of nitrogens with zero attached hydrogens (tertiary/aromatic N) is 3. The van der Waals surface area contributed by atoms with Crippen LogP contribution >= 0.6 is 34.7 Å². The van der Waals surface area contributed by atoms with Gasteiger partial charge in [0.2, 0.25) is 0 Å². The molecule has 2 aromatic heterocycles. The van der Waals surface area contributed by atoms with E-state index >= 15 is 0 Å². The summed E-state index contributed by atoms with van der Waals surface area (Å²) in [5, 5.41) is 2.05. The van der Waals surface area contributed by atoms with E-state index in [9.17, 15) is 0 Å². The van der Waals surface area contributed by atoms with Gasteiger partial charge < -0.3 is 4.90 Å². The minimum Gasteiger partial charge on any atom is -0.353 e. The Bertz CT molecular complexity index is 561. The second-order valence-corrected chi connectivity index (χ2v) is 8.04. The number of alkyl halides is 1. The van der Waals surface area contributed by atoms with E-state index in [4.69, 9.17) is 16.6 Å². The molecular formula is C12H16ClN3S2. The van der Waals surface area contributed by atoms with Gasteiger partial charge in [-0.3, -0.25) is 4.40 Å². The molecule has 98 valence electrons. The molecule has 1 aliphatic heterocycles. The van der Waals surface area contributed by atoms with Crippen LogP contribution in [-0.4, -0.2) is 33.0 Å². The molecule has 3 nitrogen and oxygen atoms in total. The first-order valence-corrected chi connectivity index (χ1v) is 8.40. The van der Waals surface area contributed by atoms with E-state index in [1.807, 2.05) is 11.8 Å². The average molecular weight is 302 g/mol. The van der Waals surface area contributed by atoms with Gasteiger partial charge in [0.15, 0.2) is 10.8 Å². The highest BCUT2D eigenvalue weighted by atomic mass is 35.5. The number of fused-ring (bicyclic) bond motifs is 1. The third-order valence-electron chi connectivity index (χ3n) is 3.19. The Hall–Kier alpha value is -0.390. The molecule has 1 saturated heterocycles. The molecule has 18 heavy (non-hydrogen) atoms. The molecule has 0 radical (unpaired) electrons. The average Bonchev–Trinajstić information content (AvgIpc) is 2.86. The van der Waals surface area contributed by atoms with Crippen LogP contribution in [0.4, 0.5) is 5.82 Å². The van der Waals surface area contributed by atoms with Crippen molar-refractivity contribution in [3.8, 4) is 0 Å². The fourth-order valence-corrected chi connectivity index (χ4v) is 4.48. The topological polar surface area (TPSA) is 20.5 Å². The molecular weight excluding hydrogens is 286 g/mol. The normalized spacial score (nSPS) is 19.6. The molecule has 0 N–H and O–H groups in total. The summed E-state index contributed by atoms with van der Waals surface area (Å²) in [6.45, 7) is 6.68. The van der Waals surface area contributed by atoms with E-state index in [1.54, 1.807) is 11.3 Å². The van der Waals surface area contributed by atoms with E-state index < -0.39 is 0 Å². The van der Waals surface area contributed by atoms with Crippen LogP contribution in [-0.2, 0) is 5.88 Å². The molecule has 0 unspecified atom stereocenters. The molecule has 3 heterocycles. The Morgan fingerprint density at radius 2 is 2.33 bits per heavy atom. The number of rotatable bonds is 2. The van der Waals surface area contributed by atoms with Crippen molar-refractivity contribution in [3.05, 3.63) is 17.3 Å². The van der Waals surface area contributed by atoms with Crippen LogP contribution in [0.5, 0.6) is 0 Å². The number of thiazole rings is 1. The van der Waals surface area contributed by atoms with Crippen molar-refractivity contribution >= 4 is 45.5 Å². The number of thioether (sulfide) groups is 1. The van der Waals surface area contributed by atoms with E-state index in [0.29, 0.717) is 10.6 Å². The van der Waals surface area contributed by atoms with Gasteiger partial charge in [0, 0.05) is 35.2 Å². The van der Waals surface area contributed by atoms with E-state index in [2.05, 4.69) is 34.7 Å². The van der Waals surface area contributed by atoms with Crippen molar-refractivity contribution in [2.75, 3.05) is 23.7 Å². The summed E-state index contributed by atoms with van der Waals surface area (Å²) in [4.78, 5) is 8.17. The van der Waals surface area contributed by atoms with Gasteiger partial charge in [0.1, 0.15) is 0 Å². The zero-order valence-electron chi connectivity index (χ0n) is 10.5. The molecule has 0 bridgehead atoms. The lowest BCUT2D eigenvalue weighted by Gasteiger charge is -2.38. The van der Waals surface area contributed by atoms with Crippen LogP contribution < -0.4 is 4.90 Å². The van der Waals surface area contributed by atoms with Crippen LogP contribution in [0.25, 0.3) is 4.96 Å². The monoisotopic (exact) mass is 301 g/mol. The summed E-state index contributed by atoms with van der Waals surface area (Å²) in [5.41, 5.74) is 1.12. The van der Waals surface area contributed by atoms with Crippen molar-refractivity contribution in [2.24, 2.45) is 0 Å². The lowest BCUT2D eigenvalue weighted by Crippen LogP contribution is -2.43. The molecule has 0 aliphatic carbocycles. The molecule has 0 saturated carbocycles. The molecule has 1 aliphatic rings. The van der Waals surface area contributed by atoms with Gasteiger partial charge in [-0.25, -0.2) is 4.98 Å². The quantitative estimate of drug-likeness (QED) is 0.792. The van der Waals surface area contributed by atoms with E-state index in [1.165, 1.54) is 0 Å². The molecule has 1 fully saturated rings. The van der Waals surface area contributed by atoms with Gasteiger partial charge in [-0.1, -0.05) is 0 Å². The van der Waals surface area contributed by atoms with Crippen molar-refractivity contribution in [3.63, 3.8) is 0 Å². The zero-order chi connectivity index (χ0) is 12.8. The minimum atomic E-state index is 0.291. The molecule has 3 rings (SSSR count). The number of hydrogen-bond acceptors (Lipinski definition) is 4. The summed E-state index contributed by atoms with van der Waals surface area (Å²) in [6.07, 6.45) is 2.05. The van der Waals surface area contributed by atoms with Crippen LogP contribution in [0.2, 0.25) is 0 Å². The van der Waals surface area contributed by atoms with Crippen molar-refractivity contribution < 1.29 is 0 Å². The smallest absolute Gasteiger partial charge is 0.195 e. The first-order valence-electron chi connectivity index (χ1n) is 6.00. The Kier molecular flexibility index (Phi) is 3.24. The number of hydrogen-bond donors (Lipinski definition) is 0. The maximum Gasteiger partial charge on any atom is 0.195 e. The lowest BCUT2D eigenvalue weighted by molar-refractivity contribution is 0.642. The van der Waals surface area contributed by atoms with Crippen LogP contribution in [0, 0.1) is 0 Å². The first-order chi connectivity index (χ1) is 8.61. The molecule has 0 aromatic carbocycles. The first kappa shape index (κ1) is 12.6. The number of aromatic nitrogens is 2. The highest BCUT2D eigenvalue weighted by Crippen LogP contribution is 2.34. The Labute approximate surface area is 120 Å². The summed E-state index contributed by atoms with van der Waals surface area (Å²) in [5.74, 6) is 2.74. The molecule has 6 heteroatoms. The third-order valence-corrected chi connectivity index (χ3v) is 5.50. The summed E-state index contributed by atoms with van der Waals surface area (Å²) in [6, 6.07) is 0. The van der Waals surface area contributed by atoms with Crippen LogP contribution in [0.3, 0.4) is 0 Å². The SMILES string of the molecule is CC1(C)CN(c2nc3sccn3c2CCl)CCS1. The molecule has 2 aromatic rings. The van der Waals surface area contributed by atoms with Crippen LogP contribution in [0.15, 0.2) is 11.6 Å². The van der Waals surface area contributed by atoms with Gasteiger partial charge in [-0.05, 0) is 13.8 Å². The number of anilines is 1. The summed E-state index contributed by atoms with van der Waals surface area (Å²) < 4.78 is 2.40. The third kappa shape index (κ3) is 2.12. The number of halogens is 1. The zero-order valence-corrected chi connectivity index (χ0v) is 12.9. The second-order valence-electron chi connectivity index (χ2n) is 5.10. The predicted octanol–water partition coefficient (Wildman–Crippen LogP) is 3.47. The maximum absolute atomic E-state index is 6.11. The van der Waals surface area contributed by atoms with Gasteiger partial charge in [0.05, 0.1) is 11.6 Å². The fourth-order valence-electron chi connectivity index (χ4n) is 2.40. The minimum absolute atomic E-state index is 0.291. The van der Waals surface area contributed by atoms with Gasteiger partial charge in [0.25, 0.3) is 0 Å². The molecule has 0 spiro atoms. The van der Waals surface area contributed by atoms with Gasteiger partial charge in [-0.2, -0.15) is 11.8 Å². The lowest BCUT2D eigenvalue weighted by atomic mass is 10.2. The van der Waals surface area contributed by atoms with E-state index in [0.717, 1.165) is 35.3 Å². The predicted molar refractivity (Wildman–Crippen MR) is 81.4 cm³/mol. The van der Waals surface area contributed by atoms with Gasteiger partial charge in [-0.15, -0.1) is 22.9 Å². The van der Waals surface area contributed by atoms with Crippen molar-refractivity contribution in [2.45, 2.75) is 24.5 Å². The molecule has 0 amide bonds. The fraction of sp³-hybridized carbons (Fsp3) is 0.583. The standard InChI is InChI=1S/C12H16ClN3S2/c1-12(2)8-15(3-6-18-12)10-9(7-13)16-4-5-17-11(16)14-10/h4-5H,3,6-8H2,1-2H3. The summed E-state index contributed by atoms with van der Waals surface area (Å²) in [7, 11) is 0. The van der Waals surface area contributed by atoms with E-state index in [-0.39, 0.29) is 0 Å². The number of imidazole rings is 1. The highest BCUT2D eigenvalue weighted by molar-refractivity contribution is 8.00. The Morgan fingerprint density at radius 3 is 3.06 bits per heavy atom. The maximum atomic E-state index is 6.11. The van der Waals surface area contributed by atoms with Crippen molar-refractivity contribution in [1.29, 1.82) is 0 Å². The summed E-state index contributed by atoms with van der Waals surface area (Å²) >= 11 is 9.81. The van der Waals surface area contributed by atoms with Gasteiger partial charge >= 0.3 is 0 Å².